The van der Waals surface area contributed by atoms with Crippen LogP contribution in [0.5, 0.6) is 0 Å². The first-order chi connectivity index (χ1) is 14.5. The SMILES string of the molecule is CN1CC[C@@H](C#Cc2cccc(-c3ncc(N4CCOCC4)c(C(N)=O)n3)c2)C1=O. The molecule has 4 rings (SSSR count). The monoisotopic (exact) mass is 405 g/mol. The molecular weight excluding hydrogens is 382 g/mol. The molecule has 2 aliphatic rings. The van der Waals surface area contributed by atoms with Crippen LogP contribution in [0.25, 0.3) is 11.4 Å². The van der Waals surface area contributed by atoms with Crippen molar-refractivity contribution in [1.82, 2.24) is 14.9 Å². The third kappa shape index (κ3) is 4.11. The molecule has 2 amide bonds. The van der Waals surface area contributed by atoms with Crippen LogP contribution in [0.15, 0.2) is 30.5 Å². The van der Waals surface area contributed by atoms with Crippen molar-refractivity contribution in [2.45, 2.75) is 6.42 Å². The molecule has 0 aliphatic carbocycles. The van der Waals surface area contributed by atoms with E-state index in [1.807, 2.05) is 29.2 Å². The molecule has 1 aromatic heterocycles. The van der Waals surface area contributed by atoms with Gasteiger partial charge in [0, 0.05) is 37.8 Å². The Bertz CT molecular complexity index is 1040. The normalized spacial score (nSPS) is 18.8. The lowest BCUT2D eigenvalue weighted by atomic mass is 10.1. The molecule has 154 valence electrons. The van der Waals surface area contributed by atoms with Crippen molar-refractivity contribution in [1.29, 1.82) is 0 Å². The highest BCUT2D eigenvalue weighted by molar-refractivity contribution is 5.97. The van der Waals surface area contributed by atoms with Crippen molar-refractivity contribution >= 4 is 17.5 Å². The molecule has 2 N–H and O–H groups in total. The maximum absolute atomic E-state index is 12.0. The van der Waals surface area contributed by atoms with Crippen LogP contribution in [-0.2, 0) is 9.53 Å². The van der Waals surface area contributed by atoms with Crippen LogP contribution in [0.3, 0.4) is 0 Å². The molecule has 2 aromatic rings. The van der Waals surface area contributed by atoms with Crippen LogP contribution in [0.2, 0.25) is 0 Å². The Balaban J connectivity index is 1.61. The number of ether oxygens (including phenoxy) is 1. The highest BCUT2D eigenvalue weighted by Gasteiger charge is 2.27. The Morgan fingerprint density at radius 1 is 1.27 bits per heavy atom. The quantitative estimate of drug-likeness (QED) is 0.762. The number of nitrogens with two attached hydrogens (primary N) is 1. The molecule has 0 spiro atoms. The van der Waals surface area contributed by atoms with Gasteiger partial charge in [-0.3, -0.25) is 9.59 Å². The Morgan fingerprint density at radius 2 is 2.07 bits per heavy atom. The summed E-state index contributed by atoms with van der Waals surface area (Å²) in [6.45, 7) is 3.21. The average molecular weight is 405 g/mol. The van der Waals surface area contributed by atoms with Gasteiger partial charge in [0.15, 0.2) is 11.5 Å². The molecule has 2 saturated heterocycles. The lowest BCUT2D eigenvalue weighted by Gasteiger charge is -2.29. The van der Waals surface area contributed by atoms with Gasteiger partial charge in [0.05, 0.1) is 25.1 Å². The Hall–Kier alpha value is -3.44. The summed E-state index contributed by atoms with van der Waals surface area (Å²) in [5, 5.41) is 0. The number of carbonyl (C=O) groups excluding carboxylic acids is 2. The maximum atomic E-state index is 12.0. The number of carbonyl (C=O) groups is 2. The summed E-state index contributed by atoms with van der Waals surface area (Å²) in [6.07, 6.45) is 2.38. The second-order valence-corrected chi connectivity index (χ2v) is 7.34. The minimum absolute atomic E-state index is 0.0618. The van der Waals surface area contributed by atoms with Crippen molar-refractivity contribution < 1.29 is 14.3 Å². The van der Waals surface area contributed by atoms with Gasteiger partial charge < -0.3 is 20.3 Å². The molecule has 8 nitrogen and oxygen atoms in total. The van der Waals surface area contributed by atoms with E-state index in [-0.39, 0.29) is 17.5 Å². The van der Waals surface area contributed by atoms with E-state index < -0.39 is 5.91 Å². The van der Waals surface area contributed by atoms with Gasteiger partial charge in [-0.2, -0.15) is 0 Å². The van der Waals surface area contributed by atoms with Crippen LogP contribution in [0.4, 0.5) is 5.69 Å². The number of hydrogen-bond acceptors (Lipinski definition) is 6. The fraction of sp³-hybridized carbons (Fsp3) is 0.364. The Kier molecular flexibility index (Phi) is 5.63. The molecule has 1 aromatic carbocycles. The lowest BCUT2D eigenvalue weighted by molar-refractivity contribution is -0.128. The number of hydrogen-bond donors (Lipinski definition) is 1. The Morgan fingerprint density at radius 3 is 2.77 bits per heavy atom. The van der Waals surface area contributed by atoms with Gasteiger partial charge in [-0.15, -0.1) is 0 Å². The molecule has 2 fully saturated rings. The van der Waals surface area contributed by atoms with Crippen molar-refractivity contribution in [3.8, 4) is 23.2 Å². The number of anilines is 1. The van der Waals surface area contributed by atoms with Gasteiger partial charge in [-0.1, -0.05) is 24.0 Å². The van der Waals surface area contributed by atoms with E-state index in [0.29, 0.717) is 37.8 Å². The zero-order valence-electron chi connectivity index (χ0n) is 16.8. The van der Waals surface area contributed by atoms with E-state index in [4.69, 9.17) is 10.5 Å². The highest BCUT2D eigenvalue weighted by Crippen LogP contribution is 2.23. The first kappa shape index (κ1) is 19.9. The molecule has 30 heavy (non-hydrogen) atoms. The van der Waals surface area contributed by atoms with E-state index in [2.05, 4.69) is 21.8 Å². The number of likely N-dealkylation sites (tertiary alicyclic amines) is 1. The molecule has 0 bridgehead atoms. The van der Waals surface area contributed by atoms with E-state index in [1.54, 1.807) is 18.1 Å². The van der Waals surface area contributed by atoms with Crippen molar-refractivity contribution in [3.63, 3.8) is 0 Å². The number of amides is 2. The molecule has 0 radical (unpaired) electrons. The van der Waals surface area contributed by atoms with Crippen LogP contribution in [0.1, 0.15) is 22.5 Å². The molecule has 0 saturated carbocycles. The standard InChI is InChI=1S/C22H23N5O3/c1-26-8-7-16(22(26)29)6-5-15-3-2-4-17(13-15)21-24-14-18(19(25-21)20(23)28)27-9-11-30-12-10-27/h2-4,13-14,16H,7-12H2,1H3,(H2,23,28)/t16-/m1/s1. The molecule has 3 heterocycles. The molecule has 2 aliphatic heterocycles. The summed E-state index contributed by atoms with van der Waals surface area (Å²) >= 11 is 0. The summed E-state index contributed by atoms with van der Waals surface area (Å²) in [4.78, 5) is 36.7. The second kappa shape index (κ2) is 8.51. The van der Waals surface area contributed by atoms with E-state index in [1.165, 1.54) is 0 Å². The van der Waals surface area contributed by atoms with Crippen LogP contribution >= 0.6 is 0 Å². The zero-order chi connectivity index (χ0) is 21.1. The fourth-order valence-corrected chi connectivity index (χ4v) is 3.59. The summed E-state index contributed by atoms with van der Waals surface area (Å²) in [5.41, 5.74) is 7.90. The van der Waals surface area contributed by atoms with Gasteiger partial charge in [0.2, 0.25) is 5.91 Å². The average Bonchev–Trinajstić information content (AvgIpc) is 3.10. The van der Waals surface area contributed by atoms with Gasteiger partial charge in [-0.05, 0) is 18.6 Å². The van der Waals surface area contributed by atoms with Gasteiger partial charge >= 0.3 is 0 Å². The van der Waals surface area contributed by atoms with Gasteiger partial charge in [-0.25, -0.2) is 9.97 Å². The summed E-state index contributed by atoms with van der Waals surface area (Å²) < 4.78 is 5.36. The van der Waals surface area contributed by atoms with E-state index in [9.17, 15) is 9.59 Å². The number of benzene rings is 1. The lowest BCUT2D eigenvalue weighted by Crippen LogP contribution is -2.38. The summed E-state index contributed by atoms with van der Waals surface area (Å²) in [7, 11) is 1.79. The molecular formula is C22H23N5O3. The van der Waals surface area contributed by atoms with Crippen molar-refractivity contribution in [2.24, 2.45) is 11.7 Å². The largest absolute Gasteiger partial charge is 0.378 e. The number of nitrogens with zero attached hydrogens (tertiary/aromatic N) is 4. The second-order valence-electron chi connectivity index (χ2n) is 7.34. The third-order valence-corrected chi connectivity index (χ3v) is 5.29. The predicted molar refractivity (Wildman–Crippen MR) is 112 cm³/mol. The number of aromatic nitrogens is 2. The molecule has 8 heteroatoms. The van der Waals surface area contributed by atoms with Gasteiger partial charge in [0.1, 0.15) is 5.92 Å². The van der Waals surface area contributed by atoms with Crippen LogP contribution in [-0.4, -0.2) is 66.6 Å². The molecule has 1 atom stereocenters. The molecule has 0 unspecified atom stereocenters. The number of morpholine rings is 1. The number of primary amides is 1. The highest BCUT2D eigenvalue weighted by atomic mass is 16.5. The first-order valence-electron chi connectivity index (χ1n) is 9.89. The first-order valence-corrected chi connectivity index (χ1v) is 9.89. The summed E-state index contributed by atoms with van der Waals surface area (Å²) in [5.74, 6) is 5.75. The van der Waals surface area contributed by atoms with Crippen molar-refractivity contribution in [3.05, 3.63) is 41.7 Å². The zero-order valence-corrected chi connectivity index (χ0v) is 16.8. The third-order valence-electron chi connectivity index (χ3n) is 5.29. The van der Waals surface area contributed by atoms with E-state index >= 15 is 0 Å². The minimum Gasteiger partial charge on any atom is -0.378 e. The minimum atomic E-state index is -0.597. The topological polar surface area (TPSA) is 102 Å². The fourth-order valence-electron chi connectivity index (χ4n) is 3.59. The van der Waals surface area contributed by atoms with E-state index in [0.717, 1.165) is 24.1 Å². The van der Waals surface area contributed by atoms with Crippen molar-refractivity contribution in [2.75, 3.05) is 44.8 Å². The maximum Gasteiger partial charge on any atom is 0.269 e. The number of rotatable bonds is 3. The summed E-state index contributed by atoms with van der Waals surface area (Å²) in [6, 6.07) is 7.43. The Labute approximate surface area is 175 Å². The smallest absolute Gasteiger partial charge is 0.269 e. The van der Waals surface area contributed by atoms with Gasteiger partial charge in [0.25, 0.3) is 5.91 Å². The predicted octanol–water partition coefficient (Wildman–Crippen LogP) is 0.909. The van der Waals surface area contributed by atoms with Crippen LogP contribution in [0, 0.1) is 17.8 Å². The van der Waals surface area contributed by atoms with Crippen LogP contribution < -0.4 is 10.6 Å².